The number of fused-ring (bicyclic) bond motifs is 1. The zero-order chi connectivity index (χ0) is 24.3. The summed E-state index contributed by atoms with van der Waals surface area (Å²) in [7, 11) is 2.12. The zero-order valence-corrected chi connectivity index (χ0v) is 18.9. The van der Waals surface area contributed by atoms with Crippen LogP contribution in [0.4, 0.5) is 24.7 Å². The molecule has 1 saturated heterocycles. The van der Waals surface area contributed by atoms with Gasteiger partial charge in [0, 0.05) is 43.3 Å². The normalized spacial score (nSPS) is 15.1. The molecular formula is C25H25F3N4O2. The predicted molar refractivity (Wildman–Crippen MR) is 127 cm³/mol. The largest absolute Gasteiger partial charge is 0.573 e. The van der Waals surface area contributed by atoms with Gasteiger partial charge in [-0.05, 0) is 67.6 Å². The second kappa shape index (κ2) is 9.72. The van der Waals surface area contributed by atoms with Crippen molar-refractivity contribution in [2.75, 3.05) is 43.4 Å². The highest BCUT2D eigenvalue weighted by atomic mass is 19.4. The first-order valence-corrected chi connectivity index (χ1v) is 10.9. The number of anilines is 2. The number of nitrogens with zero attached hydrogens (tertiary/aromatic N) is 3. The van der Waals surface area contributed by atoms with E-state index in [-0.39, 0.29) is 11.7 Å². The first kappa shape index (κ1) is 23.6. The fraction of sp³-hybridized carbons (Fsp3) is 0.280. The molecule has 1 aliphatic heterocycles. The third-order valence-electron chi connectivity index (χ3n) is 5.64. The van der Waals surface area contributed by atoms with E-state index in [0.717, 1.165) is 48.5 Å². The van der Waals surface area contributed by atoms with E-state index < -0.39 is 6.36 Å². The SMILES string of the molecule is Cc1cc(N2CCN(C)CC2)nc2ccc(NC(=O)C=Cc3ccc(OC(F)(F)F)cc3)cc12. The van der Waals surface area contributed by atoms with Gasteiger partial charge in [-0.15, -0.1) is 13.2 Å². The summed E-state index contributed by atoms with van der Waals surface area (Å²) < 4.78 is 40.6. The summed E-state index contributed by atoms with van der Waals surface area (Å²) in [5.41, 5.74) is 3.14. The number of aryl methyl sites for hydroxylation is 1. The average Bonchev–Trinajstić information content (AvgIpc) is 2.78. The van der Waals surface area contributed by atoms with E-state index in [1.807, 2.05) is 19.1 Å². The molecule has 1 aliphatic rings. The monoisotopic (exact) mass is 470 g/mol. The first-order chi connectivity index (χ1) is 16.2. The Balaban J connectivity index is 1.42. The van der Waals surface area contributed by atoms with Gasteiger partial charge in [0.15, 0.2) is 0 Å². The number of carbonyl (C=O) groups excluding carboxylic acids is 1. The Morgan fingerprint density at radius 2 is 1.76 bits per heavy atom. The highest BCUT2D eigenvalue weighted by molar-refractivity contribution is 6.03. The molecule has 0 spiro atoms. The van der Waals surface area contributed by atoms with Crippen molar-refractivity contribution in [3.8, 4) is 5.75 Å². The molecule has 0 radical (unpaired) electrons. The van der Waals surface area contributed by atoms with Gasteiger partial charge in [-0.1, -0.05) is 12.1 Å². The fourth-order valence-corrected chi connectivity index (χ4v) is 3.79. The number of likely N-dealkylation sites (N-methyl/N-ethyl adjacent to an activating group) is 1. The predicted octanol–water partition coefficient (Wildman–Crippen LogP) is 4.85. The highest BCUT2D eigenvalue weighted by Crippen LogP contribution is 2.26. The van der Waals surface area contributed by atoms with E-state index >= 15 is 0 Å². The van der Waals surface area contributed by atoms with Gasteiger partial charge in [0.05, 0.1) is 5.52 Å². The number of nitrogens with one attached hydrogen (secondary N) is 1. The van der Waals surface area contributed by atoms with Gasteiger partial charge in [0.1, 0.15) is 11.6 Å². The number of benzene rings is 2. The van der Waals surface area contributed by atoms with Gasteiger partial charge >= 0.3 is 6.36 Å². The van der Waals surface area contributed by atoms with Gasteiger partial charge in [-0.3, -0.25) is 4.79 Å². The standard InChI is InChI=1S/C25H25F3N4O2/c1-17-15-23(32-13-11-31(2)12-14-32)30-22-9-6-19(16-21(17)22)29-24(33)10-5-18-3-7-20(8-4-18)34-25(26,27)28/h3-10,15-16H,11-14H2,1-2H3,(H,29,33). The molecule has 4 rings (SSSR count). The number of piperazine rings is 1. The number of amides is 1. The van der Waals surface area contributed by atoms with Gasteiger partial charge in [0.25, 0.3) is 0 Å². The number of aromatic nitrogens is 1. The Hall–Kier alpha value is -3.59. The molecule has 1 fully saturated rings. The van der Waals surface area contributed by atoms with Gasteiger partial charge in [0.2, 0.25) is 5.91 Å². The summed E-state index contributed by atoms with van der Waals surface area (Å²) in [4.78, 5) is 21.7. The lowest BCUT2D eigenvalue weighted by Crippen LogP contribution is -2.44. The van der Waals surface area contributed by atoms with Gasteiger partial charge in [-0.2, -0.15) is 0 Å². The summed E-state index contributed by atoms with van der Waals surface area (Å²) in [5.74, 6) is 0.295. The maximum atomic E-state index is 12.4. The van der Waals surface area contributed by atoms with Crippen molar-refractivity contribution < 1.29 is 22.7 Å². The molecule has 3 aromatic rings. The second-order valence-electron chi connectivity index (χ2n) is 8.26. The third kappa shape index (κ3) is 6.05. The van der Waals surface area contributed by atoms with Crippen molar-refractivity contribution in [3.05, 3.63) is 65.7 Å². The molecule has 1 aromatic heterocycles. The van der Waals surface area contributed by atoms with E-state index in [1.54, 1.807) is 6.07 Å². The minimum Gasteiger partial charge on any atom is -0.406 e. The molecular weight excluding hydrogens is 445 g/mol. The third-order valence-corrected chi connectivity index (χ3v) is 5.64. The van der Waals surface area contributed by atoms with Crippen molar-refractivity contribution >= 4 is 34.4 Å². The smallest absolute Gasteiger partial charge is 0.406 e. The topological polar surface area (TPSA) is 57.7 Å². The van der Waals surface area contributed by atoms with Crippen LogP contribution in [0.2, 0.25) is 0 Å². The molecule has 0 aliphatic carbocycles. The van der Waals surface area contributed by atoms with E-state index in [4.69, 9.17) is 4.98 Å². The molecule has 0 atom stereocenters. The zero-order valence-electron chi connectivity index (χ0n) is 18.9. The Labute approximate surface area is 195 Å². The van der Waals surface area contributed by atoms with Crippen LogP contribution in [0.25, 0.3) is 17.0 Å². The Kier molecular flexibility index (Phi) is 6.74. The quantitative estimate of drug-likeness (QED) is 0.541. The molecule has 0 saturated carbocycles. The molecule has 2 heterocycles. The second-order valence-corrected chi connectivity index (χ2v) is 8.26. The van der Waals surface area contributed by atoms with Crippen molar-refractivity contribution in [2.24, 2.45) is 0 Å². The van der Waals surface area contributed by atoms with E-state index in [1.165, 1.54) is 36.4 Å². The molecule has 34 heavy (non-hydrogen) atoms. The van der Waals surface area contributed by atoms with Crippen LogP contribution in [-0.4, -0.2) is 55.4 Å². The minimum atomic E-state index is -4.74. The Morgan fingerprint density at radius 3 is 2.44 bits per heavy atom. The van der Waals surface area contributed by atoms with E-state index in [0.29, 0.717) is 11.3 Å². The highest BCUT2D eigenvalue weighted by Gasteiger charge is 2.30. The van der Waals surface area contributed by atoms with Gasteiger partial charge in [-0.25, -0.2) is 4.98 Å². The Morgan fingerprint density at radius 1 is 1.06 bits per heavy atom. The van der Waals surface area contributed by atoms with Crippen molar-refractivity contribution in [1.82, 2.24) is 9.88 Å². The molecule has 0 bridgehead atoms. The lowest BCUT2D eigenvalue weighted by Gasteiger charge is -2.33. The van der Waals surface area contributed by atoms with Gasteiger partial charge < -0.3 is 19.9 Å². The molecule has 2 aromatic carbocycles. The number of hydrogen-bond donors (Lipinski definition) is 1. The van der Waals surface area contributed by atoms with Crippen LogP contribution >= 0.6 is 0 Å². The van der Waals surface area contributed by atoms with Crippen LogP contribution in [0.15, 0.2) is 54.6 Å². The summed E-state index contributed by atoms with van der Waals surface area (Å²) in [6.45, 7) is 5.91. The first-order valence-electron chi connectivity index (χ1n) is 10.9. The summed E-state index contributed by atoms with van der Waals surface area (Å²) in [6.07, 6.45) is -1.90. The minimum absolute atomic E-state index is 0.315. The van der Waals surface area contributed by atoms with Crippen molar-refractivity contribution in [3.63, 3.8) is 0 Å². The molecule has 0 unspecified atom stereocenters. The molecule has 6 nitrogen and oxygen atoms in total. The van der Waals surface area contributed by atoms with Crippen LogP contribution in [0.3, 0.4) is 0 Å². The summed E-state index contributed by atoms with van der Waals surface area (Å²) in [6, 6.07) is 12.9. The molecule has 178 valence electrons. The van der Waals surface area contributed by atoms with Crippen molar-refractivity contribution in [1.29, 1.82) is 0 Å². The number of ether oxygens (including phenoxy) is 1. The van der Waals surface area contributed by atoms with E-state index in [9.17, 15) is 18.0 Å². The van der Waals surface area contributed by atoms with Crippen LogP contribution in [0.5, 0.6) is 5.75 Å². The summed E-state index contributed by atoms with van der Waals surface area (Å²) >= 11 is 0. The summed E-state index contributed by atoms with van der Waals surface area (Å²) in [5, 5.41) is 3.77. The average molecular weight is 470 g/mol. The number of rotatable bonds is 5. The lowest BCUT2D eigenvalue weighted by atomic mass is 10.1. The van der Waals surface area contributed by atoms with Crippen LogP contribution < -0.4 is 15.0 Å². The van der Waals surface area contributed by atoms with Crippen LogP contribution in [0, 0.1) is 6.92 Å². The molecule has 1 amide bonds. The molecule has 1 N–H and O–H groups in total. The Bertz CT molecular complexity index is 1200. The van der Waals surface area contributed by atoms with Crippen LogP contribution in [-0.2, 0) is 4.79 Å². The van der Waals surface area contributed by atoms with Crippen LogP contribution in [0.1, 0.15) is 11.1 Å². The fourth-order valence-electron chi connectivity index (χ4n) is 3.79. The number of hydrogen-bond acceptors (Lipinski definition) is 5. The maximum Gasteiger partial charge on any atom is 0.573 e. The molecule has 9 heteroatoms. The van der Waals surface area contributed by atoms with Crippen molar-refractivity contribution in [2.45, 2.75) is 13.3 Å². The van der Waals surface area contributed by atoms with E-state index in [2.05, 4.69) is 33.0 Å². The number of pyridine rings is 1. The number of alkyl halides is 3. The number of halogens is 3. The number of carbonyl (C=O) groups is 1. The lowest BCUT2D eigenvalue weighted by molar-refractivity contribution is -0.274. The maximum absolute atomic E-state index is 12.4.